The zero-order valence-corrected chi connectivity index (χ0v) is 10.4. The van der Waals surface area contributed by atoms with Crippen molar-refractivity contribution in [1.29, 1.82) is 0 Å². The molecular weight excluding hydrogens is 227 g/mol. The molecule has 12 heavy (non-hydrogen) atoms. The monoisotopic (exact) mass is 239 g/mol. The summed E-state index contributed by atoms with van der Waals surface area (Å²) in [5.41, 5.74) is 8.71. The molecular formula is C9H12NOY+2. The Morgan fingerprint density at radius 2 is 1.67 bits per heavy atom. The van der Waals surface area contributed by atoms with Gasteiger partial charge in [0.15, 0.2) is 0 Å². The van der Waals surface area contributed by atoms with Crippen LogP contribution in [0.25, 0.3) is 0 Å². The molecule has 2 nitrogen and oxygen atoms in total. The average molecular weight is 239 g/mol. The normalized spacial score (nSPS) is 9.25. The molecule has 60 valence electrons. The van der Waals surface area contributed by atoms with Crippen LogP contribution in [0.4, 0.5) is 5.69 Å². The fourth-order valence-corrected chi connectivity index (χ4v) is 1.02. The van der Waals surface area contributed by atoms with Crippen LogP contribution in [0, 0.1) is 26.8 Å². The molecule has 0 saturated heterocycles. The zero-order valence-electron chi connectivity index (χ0n) is 7.60. The molecule has 0 amide bonds. The first-order valence-electron chi connectivity index (χ1n) is 3.51. The number of aryl methyl sites for hydroxylation is 2. The molecule has 1 aromatic carbocycles. The van der Waals surface area contributed by atoms with Crippen LogP contribution in [0.2, 0.25) is 0 Å². The molecule has 0 heterocycles. The first-order valence-corrected chi connectivity index (χ1v) is 3.51. The van der Waals surface area contributed by atoms with Gasteiger partial charge in [-0.15, -0.1) is 11.1 Å². The van der Waals surface area contributed by atoms with Gasteiger partial charge >= 0.3 is 32.7 Å². The number of benzene rings is 1. The molecule has 0 aromatic heterocycles. The van der Waals surface area contributed by atoms with Gasteiger partial charge in [-0.3, -0.25) is 0 Å². The molecule has 0 fully saturated rings. The van der Waals surface area contributed by atoms with Gasteiger partial charge in [0.25, 0.3) is 0 Å². The standard InChI is InChI=1S/C9H12NO.Y/c1-5-4-6(2)9(11)8(10)7(5)3;/h11H,10H2,1-3H3;/q-1;+3. The predicted molar refractivity (Wildman–Crippen MR) is 45.6 cm³/mol. The van der Waals surface area contributed by atoms with Gasteiger partial charge in [-0.05, 0) is 5.69 Å². The van der Waals surface area contributed by atoms with E-state index in [-0.39, 0.29) is 38.5 Å². The molecule has 0 saturated carbocycles. The number of anilines is 1. The number of rotatable bonds is 0. The number of nitrogens with two attached hydrogens (primary N) is 1. The van der Waals surface area contributed by atoms with Crippen molar-refractivity contribution < 1.29 is 37.8 Å². The zero-order chi connectivity index (χ0) is 8.59. The summed E-state index contributed by atoms with van der Waals surface area (Å²) in [4.78, 5) is 0. The molecule has 1 aromatic rings. The quantitative estimate of drug-likeness (QED) is 0.411. The SMILES string of the molecule is Cc1[c-]c(C)c(O)c(N)c1C.[Y+3]. The summed E-state index contributed by atoms with van der Waals surface area (Å²) in [5, 5.41) is 9.36. The Balaban J connectivity index is 0.00000121. The van der Waals surface area contributed by atoms with Crippen LogP contribution in [-0.2, 0) is 32.7 Å². The second kappa shape index (κ2) is 4.24. The topological polar surface area (TPSA) is 46.2 Å². The third-order valence-corrected chi connectivity index (χ3v) is 1.95. The fourth-order valence-electron chi connectivity index (χ4n) is 1.02. The molecule has 0 radical (unpaired) electrons. The second-order valence-corrected chi connectivity index (χ2v) is 2.76. The van der Waals surface area contributed by atoms with E-state index in [1.165, 1.54) is 0 Å². The van der Waals surface area contributed by atoms with Crippen molar-refractivity contribution in [2.75, 3.05) is 5.73 Å². The van der Waals surface area contributed by atoms with E-state index < -0.39 is 0 Å². The van der Waals surface area contributed by atoms with E-state index >= 15 is 0 Å². The molecule has 0 aliphatic heterocycles. The fraction of sp³-hybridized carbons (Fsp3) is 0.333. The summed E-state index contributed by atoms with van der Waals surface area (Å²) < 4.78 is 0. The van der Waals surface area contributed by atoms with Crippen molar-refractivity contribution >= 4 is 5.69 Å². The van der Waals surface area contributed by atoms with Gasteiger partial charge in [0.05, 0.1) is 0 Å². The van der Waals surface area contributed by atoms with E-state index in [2.05, 4.69) is 6.07 Å². The summed E-state index contributed by atoms with van der Waals surface area (Å²) in [6, 6.07) is 3.02. The molecule has 0 atom stereocenters. The molecule has 0 spiro atoms. The van der Waals surface area contributed by atoms with Crippen LogP contribution in [-0.4, -0.2) is 5.11 Å². The number of phenolic OH excluding ortho intramolecular Hbond substituents is 1. The van der Waals surface area contributed by atoms with Crippen LogP contribution in [0.15, 0.2) is 0 Å². The van der Waals surface area contributed by atoms with E-state index in [1.54, 1.807) is 6.92 Å². The van der Waals surface area contributed by atoms with Crippen molar-refractivity contribution in [2.45, 2.75) is 20.8 Å². The minimum absolute atomic E-state index is 0. The van der Waals surface area contributed by atoms with Crippen LogP contribution in [0.1, 0.15) is 16.7 Å². The van der Waals surface area contributed by atoms with Crippen LogP contribution in [0.3, 0.4) is 0 Å². The summed E-state index contributed by atoms with van der Waals surface area (Å²) in [5.74, 6) is 0.160. The van der Waals surface area contributed by atoms with Gasteiger partial charge in [0, 0.05) is 5.75 Å². The summed E-state index contributed by atoms with van der Waals surface area (Å²) >= 11 is 0. The van der Waals surface area contributed by atoms with Crippen molar-refractivity contribution in [3.63, 3.8) is 0 Å². The number of nitrogen functional groups attached to an aromatic ring is 1. The number of phenols is 1. The van der Waals surface area contributed by atoms with Crippen LogP contribution < -0.4 is 5.73 Å². The Labute approximate surface area is 98.0 Å². The minimum atomic E-state index is 0. The smallest absolute Gasteiger partial charge is 0.563 e. The van der Waals surface area contributed by atoms with E-state index in [4.69, 9.17) is 5.73 Å². The Bertz CT molecular complexity index is 271. The Kier molecular flexibility index (Phi) is 4.22. The number of hydrogen-bond donors (Lipinski definition) is 2. The molecule has 0 bridgehead atoms. The summed E-state index contributed by atoms with van der Waals surface area (Å²) in [6.45, 7) is 5.59. The molecule has 3 N–H and O–H groups in total. The van der Waals surface area contributed by atoms with Crippen molar-refractivity contribution in [3.8, 4) is 5.75 Å². The Hall–Kier alpha value is -0.0761. The van der Waals surface area contributed by atoms with Crippen molar-refractivity contribution in [3.05, 3.63) is 22.8 Å². The molecule has 3 heteroatoms. The van der Waals surface area contributed by atoms with E-state index in [0.717, 1.165) is 11.1 Å². The van der Waals surface area contributed by atoms with Gasteiger partial charge in [-0.2, -0.15) is 11.6 Å². The Morgan fingerprint density at radius 3 is 2.17 bits per heavy atom. The summed E-state index contributed by atoms with van der Waals surface area (Å²) in [6.07, 6.45) is 0. The molecule has 0 aliphatic carbocycles. The summed E-state index contributed by atoms with van der Waals surface area (Å²) in [7, 11) is 0. The third kappa shape index (κ3) is 1.99. The van der Waals surface area contributed by atoms with Crippen molar-refractivity contribution in [1.82, 2.24) is 0 Å². The van der Waals surface area contributed by atoms with E-state index in [9.17, 15) is 5.11 Å². The van der Waals surface area contributed by atoms with Crippen LogP contribution in [0.5, 0.6) is 5.75 Å². The second-order valence-electron chi connectivity index (χ2n) is 2.76. The van der Waals surface area contributed by atoms with Crippen molar-refractivity contribution in [2.24, 2.45) is 0 Å². The maximum absolute atomic E-state index is 9.36. The first kappa shape index (κ1) is 11.9. The van der Waals surface area contributed by atoms with Crippen LogP contribution >= 0.6 is 0 Å². The molecule has 0 aliphatic rings. The van der Waals surface area contributed by atoms with Gasteiger partial charge in [-0.1, -0.05) is 20.8 Å². The maximum Gasteiger partial charge on any atom is 3.00 e. The van der Waals surface area contributed by atoms with Gasteiger partial charge in [0.2, 0.25) is 0 Å². The maximum atomic E-state index is 9.36. The van der Waals surface area contributed by atoms with Gasteiger partial charge in [0.1, 0.15) is 0 Å². The molecule has 0 unspecified atom stereocenters. The predicted octanol–water partition coefficient (Wildman–Crippen LogP) is 1.70. The first-order chi connectivity index (χ1) is 5.04. The Morgan fingerprint density at radius 1 is 1.17 bits per heavy atom. The number of hydrogen-bond acceptors (Lipinski definition) is 2. The minimum Gasteiger partial charge on any atom is -0.563 e. The van der Waals surface area contributed by atoms with Gasteiger partial charge < -0.3 is 10.8 Å². The average Bonchev–Trinajstić information content (AvgIpc) is 1.97. The largest absolute Gasteiger partial charge is 3.00 e. The van der Waals surface area contributed by atoms with E-state index in [1.807, 2.05) is 13.8 Å². The van der Waals surface area contributed by atoms with E-state index in [0.29, 0.717) is 11.3 Å². The van der Waals surface area contributed by atoms with Gasteiger partial charge in [-0.25, -0.2) is 0 Å². The number of aromatic hydroxyl groups is 1. The third-order valence-electron chi connectivity index (χ3n) is 1.95. The molecule has 1 rings (SSSR count).